The van der Waals surface area contributed by atoms with E-state index in [-0.39, 0.29) is 18.0 Å². The van der Waals surface area contributed by atoms with Gasteiger partial charge in [0, 0.05) is 16.9 Å². The highest BCUT2D eigenvalue weighted by Crippen LogP contribution is 2.37. The Morgan fingerprint density at radius 3 is 2.42 bits per heavy atom. The zero-order valence-corrected chi connectivity index (χ0v) is 17.0. The number of benzene rings is 1. The van der Waals surface area contributed by atoms with Gasteiger partial charge in [0.25, 0.3) is 0 Å². The maximum absolute atomic E-state index is 12.4. The zero-order valence-electron chi connectivity index (χ0n) is 15.4. The maximum atomic E-state index is 12.4. The summed E-state index contributed by atoms with van der Waals surface area (Å²) in [6.45, 7) is 11.9. The van der Waals surface area contributed by atoms with Crippen LogP contribution in [0.5, 0.6) is 0 Å². The molecule has 0 spiro atoms. The quantitative estimate of drug-likeness (QED) is 0.746. The number of esters is 1. The number of rotatable bonds is 4. The van der Waals surface area contributed by atoms with Crippen molar-refractivity contribution in [3.05, 3.63) is 34.3 Å². The molecule has 24 heavy (non-hydrogen) atoms. The molecular formula is C20H30BrNO2. The second-order valence-corrected chi connectivity index (χ2v) is 9.23. The minimum Gasteiger partial charge on any atom is -0.460 e. The standard InChI is InChI=1S/C20H30BrNO2/c1-13(2)10-15-11-22-12-17(24-19(23)20(3,4)5)18(15)14-6-8-16(21)9-7-14/h6-9,13,15,17-18,22H,10-12H2,1-5H3. The predicted octanol–water partition coefficient (Wildman–Crippen LogP) is 4.76. The van der Waals surface area contributed by atoms with Gasteiger partial charge >= 0.3 is 5.97 Å². The molecule has 2 rings (SSSR count). The van der Waals surface area contributed by atoms with Gasteiger partial charge in [-0.3, -0.25) is 4.79 Å². The third-order valence-electron chi connectivity index (χ3n) is 4.56. The Balaban J connectivity index is 2.28. The number of nitrogens with one attached hydrogen (secondary N) is 1. The SMILES string of the molecule is CC(C)CC1CNCC(OC(=O)C(C)(C)C)C1c1ccc(Br)cc1. The monoisotopic (exact) mass is 395 g/mol. The molecule has 1 saturated heterocycles. The molecule has 1 aromatic rings. The van der Waals surface area contributed by atoms with Crippen LogP contribution in [0.25, 0.3) is 0 Å². The maximum Gasteiger partial charge on any atom is 0.311 e. The van der Waals surface area contributed by atoms with Gasteiger partial charge in [-0.1, -0.05) is 41.9 Å². The van der Waals surface area contributed by atoms with Gasteiger partial charge in [0.05, 0.1) is 5.41 Å². The molecule has 3 atom stereocenters. The second kappa shape index (κ2) is 8.01. The lowest BCUT2D eigenvalue weighted by molar-refractivity contribution is -0.161. The summed E-state index contributed by atoms with van der Waals surface area (Å²) in [6, 6.07) is 8.47. The minimum absolute atomic E-state index is 0.115. The van der Waals surface area contributed by atoms with Crippen LogP contribution in [0.2, 0.25) is 0 Å². The first-order chi connectivity index (χ1) is 11.2. The lowest BCUT2D eigenvalue weighted by Crippen LogP contribution is -2.48. The highest BCUT2D eigenvalue weighted by atomic mass is 79.9. The Morgan fingerprint density at radius 2 is 1.88 bits per heavy atom. The highest BCUT2D eigenvalue weighted by Gasteiger charge is 2.38. The van der Waals surface area contributed by atoms with Crippen molar-refractivity contribution in [3.8, 4) is 0 Å². The molecule has 0 saturated carbocycles. The van der Waals surface area contributed by atoms with Crippen molar-refractivity contribution in [3.63, 3.8) is 0 Å². The largest absolute Gasteiger partial charge is 0.460 e. The van der Waals surface area contributed by atoms with Crippen molar-refractivity contribution in [2.45, 2.75) is 53.1 Å². The molecule has 1 N–H and O–H groups in total. The molecule has 0 bridgehead atoms. The number of carbonyl (C=O) groups is 1. The van der Waals surface area contributed by atoms with Crippen LogP contribution < -0.4 is 5.32 Å². The van der Waals surface area contributed by atoms with E-state index in [4.69, 9.17) is 4.74 Å². The molecule has 1 fully saturated rings. The van der Waals surface area contributed by atoms with Gasteiger partial charge in [-0.2, -0.15) is 0 Å². The summed E-state index contributed by atoms with van der Waals surface area (Å²) in [5, 5.41) is 3.47. The first-order valence-electron chi connectivity index (χ1n) is 8.85. The van der Waals surface area contributed by atoms with Gasteiger partial charge in [0.2, 0.25) is 0 Å². The van der Waals surface area contributed by atoms with Crippen LogP contribution in [0.15, 0.2) is 28.7 Å². The molecule has 0 radical (unpaired) electrons. The van der Waals surface area contributed by atoms with E-state index in [0.29, 0.717) is 11.8 Å². The molecule has 1 heterocycles. The van der Waals surface area contributed by atoms with Crippen molar-refractivity contribution < 1.29 is 9.53 Å². The summed E-state index contributed by atoms with van der Waals surface area (Å²) >= 11 is 3.51. The van der Waals surface area contributed by atoms with E-state index in [1.54, 1.807) is 0 Å². The van der Waals surface area contributed by atoms with E-state index in [1.165, 1.54) is 5.56 Å². The molecule has 3 nitrogen and oxygen atoms in total. The Bertz CT molecular complexity index is 548. The number of piperidine rings is 1. The van der Waals surface area contributed by atoms with Crippen LogP contribution in [0.1, 0.15) is 52.5 Å². The summed E-state index contributed by atoms with van der Waals surface area (Å²) in [7, 11) is 0. The van der Waals surface area contributed by atoms with Gasteiger partial charge in [-0.15, -0.1) is 0 Å². The lowest BCUT2D eigenvalue weighted by atomic mass is 9.75. The third kappa shape index (κ3) is 5.06. The Morgan fingerprint density at radius 1 is 1.25 bits per heavy atom. The molecule has 4 heteroatoms. The number of ether oxygens (including phenoxy) is 1. The summed E-state index contributed by atoms with van der Waals surface area (Å²) in [5.74, 6) is 1.21. The molecule has 3 unspecified atom stereocenters. The van der Waals surface area contributed by atoms with Gasteiger partial charge < -0.3 is 10.1 Å². The van der Waals surface area contributed by atoms with Gasteiger partial charge in [-0.05, 0) is 63.3 Å². The summed E-state index contributed by atoms with van der Waals surface area (Å²) in [5.41, 5.74) is 0.784. The fourth-order valence-electron chi connectivity index (χ4n) is 3.40. The van der Waals surface area contributed by atoms with Crippen LogP contribution in [-0.4, -0.2) is 25.2 Å². The van der Waals surface area contributed by atoms with Crippen molar-refractivity contribution in [1.82, 2.24) is 5.32 Å². The van der Waals surface area contributed by atoms with Crippen molar-refractivity contribution in [2.24, 2.45) is 17.3 Å². The zero-order chi connectivity index (χ0) is 17.9. The predicted molar refractivity (Wildman–Crippen MR) is 102 cm³/mol. The average molecular weight is 396 g/mol. The van der Waals surface area contributed by atoms with Crippen molar-refractivity contribution in [2.75, 3.05) is 13.1 Å². The molecule has 0 aliphatic carbocycles. The second-order valence-electron chi connectivity index (χ2n) is 8.32. The van der Waals surface area contributed by atoms with Crippen LogP contribution in [0, 0.1) is 17.3 Å². The number of hydrogen-bond acceptors (Lipinski definition) is 3. The van der Waals surface area contributed by atoms with E-state index in [2.05, 4.69) is 59.4 Å². The molecule has 0 aromatic heterocycles. The Kier molecular flexibility index (Phi) is 6.49. The molecular weight excluding hydrogens is 366 g/mol. The molecule has 1 aliphatic heterocycles. The lowest BCUT2D eigenvalue weighted by Gasteiger charge is -2.40. The molecule has 1 aliphatic rings. The molecule has 1 aromatic carbocycles. The van der Waals surface area contributed by atoms with Gasteiger partial charge in [0.15, 0.2) is 0 Å². The summed E-state index contributed by atoms with van der Waals surface area (Å²) < 4.78 is 7.02. The third-order valence-corrected chi connectivity index (χ3v) is 5.09. The fraction of sp³-hybridized carbons (Fsp3) is 0.650. The van der Waals surface area contributed by atoms with E-state index in [0.717, 1.165) is 24.0 Å². The Hall–Kier alpha value is -0.870. The topological polar surface area (TPSA) is 38.3 Å². The van der Waals surface area contributed by atoms with E-state index in [9.17, 15) is 4.79 Å². The van der Waals surface area contributed by atoms with Gasteiger partial charge in [-0.25, -0.2) is 0 Å². The van der Waals surface area contributed by atoms with E-state index >= 15 is 0 Å². The summed E-state index contributed by atoms with van der Waals surface area (Å²) in [4.78, 5) is 12.4. The fourth-order valence-corrected chi connectivity index (χ4v) is 3.67. The van der Waals surface area contributed by atoms with Crippen molar-refractivity contribution in [1.29, 1.82) is 0 Å². The minimum atomic E-state index is -0.477. The van der Waals surface area contributed by atoms with Gasteiger partial charge in [0.1, 0.15) is 6.10 Å². The van der Waals surface area contributed by atoms with Crippen molar-refractivity contribution >= 4 is 21.9 Å². The van der Waals surface area contributed by atoms with Crippen LogP contribution in [-0.2, 0) is 9.53 Å². The van der Waals surface area contributed by atoms with E-state index in [1.807, 2.05) is 20.8 Å². The van der Waals surface area contributed by atoms with E-state index < -0.39 is 5.41 Å². The van der Waals surface area contributed by atoms with Crippen LogP contribution in [0.4, 0.5) is 0 Å². The normalized spacial score (nSPS) is 24.9. The number of carbonyl (C=O) groups excluding carboxylic acids is 1. The smallest absolute Gasteiger partial charge is 0.311 e. The first-order valence-corrected chi connectivity index (χ1v) is 9.65. The first kappa shape index (κ1) is 19.5. The average Bonchev–Trinajstić information content (AvgIpc) is 2.47. The van der Waals surface area contributed by atoms with Crippen LogP contribution in [0.3, 0.4) is 0 Å². The molecule has 134 valence electrons. The number of halogens is 1. The Labute approximate surface area is 154 Å². The summed E-state index contributed by atoms with van der Waals surface area (Å²) in [6.07, 6.45) is 1.01. The highest BCUT2D eigenvalue weighted by molar-refractivity contribution is 9.10. The number of hydrogen-bond donors (Lipinski definition) is 1. The van der Waals surface area contributed by atoms with Crippen LogP contribution >= 0.6 is 15.9 Å². The molecule has 0 amide bonds.